The summed E-state index contributed by atoms with van der Waals surface area (Å²) in [5.74, 6) is 0. The molecule has 12 aromatic carbocycles. The summed E-state index contributed by atoms with van der Waals surface area (Å²) < 4.78 is 0. The van der Waals surface area contributed by atoms with Gasteiger partial charge >= 0.3 is 0 Å². The molecule has 2 nitrogen and oxygen atoms in total. The zero-order valence-corrected chi connectivity index (χ0v) is 34.0. The number of anilines is 6. The van der Waals surface area contributed by atoms with Crippen molar-refractivity contribution in [3.05, 3.63) is 217 Å². The molecule has 0 aromatic heterocycles. The zero-order valence-electron chi connectivity index (χ0n) is 34.0. The molecule has 0 spiro atoms. The topological polar surface area (TPSA) is 6.48 Å². The molecule has 0 N–H and O–H groups in total. The predicted molar refractivity (Wildman–Crippen MR) is 261 cm³/mol. The standard InChI is InChI=1S/C59H40N2/c1-59(2)53-35-47(60(45-15-5-3-6-16-45)49-31-41-23-19-37-11-9-12-38-20-24-42(32-49)57(41)55(37)38)27-29-51(53)52-30-28-48(36-54(52)59)61(46-17-7-4-8-18-46)50-33-43-25-21-39-13-10-14-40-22-26-44(34-50)58(43)56(39)40/h3-36H,1-2H3. The summed E-state index contributed by atoms with van der Waals surface area (Å²) in [4.78, 5) is 4.87. The normalized spacial score (nSPS) is 13.2. The van der Waals surface area contributed by atoms with Gasteiger partial charge in [-0.05, 0) is 160 Å². The van der Waals surface area contributed by atoms with E-state index in [1.807, 2.05) is 0 Å². The van der Waals surface area contributed by atoms with Gasteiger partial charge in [0.2, 0.25) is 0 Å². The Hall–Kier alpha value is -7.68. The van der Waals surface area contributed by atoms with E-state index in [-0.39, 0.29) is 5.41 Å². The Morgan fingerprint density at radius 1 is 0.262 bits per heavy atom. The van der Waals surface area contributed by atoms with Crippen LogP contribution in [0, 0.1) is 0 Å². The van der Waals surface area contributed by atoms with Crippen LogP contribution in [0.4, 0.5) is 34.1 Å². The van der Waals surface area contributed by atoms with Crippen LogP contribution in [0.3, 0.4) is 0 Å². The van der Waals surface area contributed by atoms with Crippen molar-refractivity contribution in [3.63, 3.8) is 0 Å². The molecule has 61 heavy (non-hydrogen) atoms. The molecule has 286 valence electrons. The highest BCUT2D eigenvalue weighted by Crippen LogP contribution is 2.53. The molecule has 0 atom stereocenters. The number of fused-ring (bicyclic) bond motifs is 3. The van der Waals surface area contributed by atoms with E-state index < -0.39 is 0 Å². The number of benzene rings is 12. The van der Waals surface area contributed by atoms with Gasteiger partial charge in [0.05, 0.1) is 0 Å². The average molecular weight is 777 g/mol. The van der Waals surface area contributed by atoms with Gasteiger partial charge in [-0.25, -0.2) is 0 Å². The molecule has 12 aromatic rings. The van der Waals surface area contributed by atoms with Crippen molar-refractivity contribution in [2.24, 2.45) is 0 Å². The maximum absolute atomic E-state index is 2.44. The smallest absolute Gasteiger partial charge is 0.0473 e. The van der Waals surface area contributed by atoms with Crippen LogP contribution in [-0.2, 0) is 5.41 Å². The molecule has 1 aliphatic rings. The number of hydrogen-bond donors (Lipinski definition) is 0. The molecule has 0 amide bonds. The van der Waals surface area contributed by atoms with Gasteiger partial charge < -0.3 is 9.80 Å². The monoisotopic (exact) mass is 776 g/mol. The Morgan fingerprint density at radius 2 is 0.590 bits per heavy atom. The molecule has 0 aliphatic heterocycles. The third kappa shape index (κ3) is 5.03. The van der Waals surface area contributed by atoms with Gasteiger partial charge in [-0.15, -0.1) is 0 Å². The van der Waals surface area contributed by atoms with Crippen molar-refractivity contribution in [1.29, 1.82) is 0 Å². The summed E-state index contributed by atoms with van der Waals surface area (Å²) in [7, 11) is 0. The summed E-state index contributed by atoms with van der Waals surface area (Å²) in [6, 6.07) is 76.8. The lowest BCUT2D eigenvalue weighted by atomic mass is 9.82. The van der Waals surface area contributed by atoms with Crippen LogP contribution in [0.25, 0.3) is 75.8 Å². The largest absolute Gasteiger partial charge is 0.310 e. The summed E-state index contributed by atoms with van der Waals surface area (Å²) in [5.41, 5.74) is 11.9. The van der Waals surface area contributed by atoms with E-state index in [0.29, 0.717) is 0 Å². The molecule has 0 bridgehead atoms. The summed E-state index contributed by atoms with van der Waals surface area (Å²) in [6.07, 6.45) is 0. The molecular weight excluding hydrogens is 737 g/mol. The van der Waals surface area contributed by atoms with Crippen molar-refractivity contribution in [3.8, 4) is 11.1 Å². The maximum Gasteiger partial charge on any atom is 0.0473 e. The van der Waals surface area contributed by atoms with Gasteiger partial charge in [-0.1, -0.05) is 147 Å². The molecule has 0 unspecified atom stereocenters. The Morgan fingerprint density at radius 3 is 0.951 bits per heavy atom. The Balaban J connectivity index is 0.944. The van der Waals surface area contributed by atoms with Crippen LogP contribution in [0.1, 0.15) is 25.0 Å². The fourth-order valence-electron chi connectivity index (χ4n) is 10.8. The Bertz CT molecular complexity index is 3310. The summed E-state index contributed by atoms with van der Waals surface area (Å²) in [6.45, 7) is 4.79. The molecule has 0 fully saturated rings. The second-order valence-electron chi connectivity index (χ2n) is 17.4. The van der Waals surface area contributed by atoms with Gasteiger partial charge in [-0.2, -0.15) is 0 Å². The SMILES string of the molecule is CC1(C)c2cc(N(c3ccccc3)c3cc4ccc5cccc6ccc(c3)c4c56)ccc2-c2ccc(N(c3ccccc3)c3cc4ccc5cccc6ccc(c3)c4c56)cc21. The van der Waals surface area contributed by atoms with Gasteiger partial charge in [0.1, 0.15) is 0 Å². The van der Waals surface area contributed by atoms with E-state index in [9.17, 15) is 0 Å². The van der Waals surface area contributed by atoms with E-state index in [0.717, 1.165) is 34.1 Å². The first-order valence-electron chi connectivity index (χ1n) is 21.3. The van der Waals surface area contributed by atoms with Gasteiger partial charge in [-0.3, -0.25) is 0 Å². The van der Waals surface area contributed by atoms with E-state index in [1.165, 1.54) is 86.9 Å². The van der Waals surface area contributed by atoms with E-state index >= 15 is 0 Å². The van der Waals surface area contributed by atoms with Crippen LogP contribution >= 0.6 is 0 Å². The maximum atomic E-state index is 2.44. The third-order valence-corrected chi connectivity index (χ3v) is 13.6. The number of hydrogen-bond acceptors (Lipinski definition) is 2. The lowest BCUT2D eigenvalue weighted by Crippen LogP contribution is -2.17. The van der Waals surface area contributed by atoms with E-state index in [4.69, 9.17) is 0 Å². The minimum atomic E-state index is -0.248. The van der Waals surface area contributed by atoms with Gasteiger partial charge in [0.25, 0.3) is 0 Å². The number of nitrogens with zero attached hydrogens (tertiary/aromatic N) is 2. The quantitative estimate of drug-likeness (QED) is 0.155. The van der Waals surface area contributed by atoms with E-state index in [1.54, 1.807) is 0 Å². The predicted octanol–water partition coefficient (Wildman–Crippen LogP) is 16.7. The first-order chi connectivity index (χ1) is 30.0. The van der Waals surface area contributed by atoms with Crippen LogP contribution in [-0.4, -0.2) is 0 Å². The fourth-order valence-corrected chi connectivity index (χ4v) is 10.8. The van der Waals surface area contributed by atoms with Crippen molar-refractivity contribution in [2.75, 3.05) is 9.80 Å². The Kier molecular flexibility index (Phi) is 7.10. The first-order valence-corrected chi connectivity index (χ1v) is 21.3. The third-order valence-electron chi connectivity index (χ3n) is 13.6. The summed E-state index contributed by atoms with van der Waals surface area (Å²) >= 11 is 0. The number of rotatable bonds is 6. The van der Waals surface area contributed by atoms with E-state index in [2.05, 4.69) is 230 Å². The highest BCUT2D eigenvalue weighted by molar-refractivity contribution is 6.25. The minimum absolute atomic E-state index is 0.248. The zero-order chi connectivity index (χ0) is 40.4. The molecule has 2 heteroatoms. The van der Waals surface area contributed by atoms with Crippen molar-refractivity contribution >= 4 is 98.8 Å². The van der Waals surface area contributed by atoms with Crippen LogP contribution < -0.4 is 9.80 Å². The molecule has 1 aliphatic carbocycles. The molecule has 0 saturated heterocycles. The van der Waals surface area contributed by atoms with Gasteiger partial charge in [0.15, 0.2) is 0 Å². The molecular formula is C59H40N2. The molecule has 13 rings (SSSR count). The van der Waals surface area contributed by atoms with Crippen LogP contribution in [0.5, 0.6) is 0 Å². The average Bonchev–Trinajstić information content (AvgIpc) is 3.53. The summed E-state index contributed by atoms with van der Waals surface area (Å²) in [5, 5.41) is 15.5. The lowest BCUT2D eigenvalue weighted by Gasteiger charge is -2.29. The number of para-hydroxylation sites is 2. The minimum Gasteiger partial charge on any atom is -0.310 e. The van der Waals surface area contributed by atoms with Gasteiger partial charge in [0, 0.05) is 39.5 Å². The lowest BCUT2D eigenvalue weighted by molar-refractivity contribution is 0.660. The second kappa shape index (κ2) is 12.7. The highest BCUT2D eigenvalue weighted by Gasteiger charge is 2.37. The van der Waals surface area contributed by atoms with Crippen molar-refractivity contribution in [2.45, 2.75) is 19.3 Å². The molecule has 0 radical (unpaired) electrons. The second-order valence-corrected chi connectivity index (χ2v) is 17.4. The van der Waals surface area contributed by atoms with Crippen molar-refractivity contribution < 1.29 is 0 Å². The molecule has 0 heterocycles. The van der Waals surface area contributed by atoms with Crippen LogP contribution in [0.2, 0.25) is 0 Å². The highest BCUT2D eigenvalue weighted by atomic mass is 15.1. The van der Waals surface area contributed by atoms with Crippen LogP contribution in [0.15, 0.2) is 206 Å². The first kappa shape index (κ1) is 34.2. The Labute approximate surface area is 354 Å². The van der Waals surface area contributed by atoms with Crippen molar-refractivity contribution in [1.82, 2.24) is 0 Å². The fraction of sp³-hybridized carbons (Fsp3) is 0.0508. The molecule has 0 saturated carbocycles.